The highest BCUT2D eigenvalue weighted by Crippen LogP contribution is 1.95. The van der Waals surface area contributed by atoms with Crippen LogP contribution in [0.25, 0.3) is 0 Å². The lowest BCUT2D eigenvalue weighted by Gasteiger charge is -2.08. The van der Waals surface area contributed by atoms with Crippen LogP contribution in [0.2, 0.25) is 0 Å². The maximum absolute atomic E-state index is 5.38. The first-order chi connectivity index (χ1) is 5.00. The van der Waals surface area contributed by atoms with E-state index in [1.54, 1.807) is 0 Å². The predicted octanol–water partition coefficient (Wildman–Crippen LogP) is 1.17. The van der Waals surface area contributed by atoms with E-state index in [-0.39, 0.29) is 0 Å². The smallest absolute Gasteiger partial charge is 0.0466 e. The van der Waals surface area contributed by atoms with Gasteiger partial charge in [0.1, 0.15) is 0 Å². The van der Waals surface area contributed by atoms with Crippen molar-refractivity contribution in [3.8, 4) is 0 Å². The topological polar surface area (TPSA) is 21.3 Å². The third-order valence-electron chi connectivity index (χ3n) is 1.78. The lowest BCUT2D eigenvalue weighted by Crippen LogP contribution is -2.18. The van der Waals surface area contributed by atoms with Crippen molar-refractivity contribution in [2.24, 2.45) is 0 Å². The molecule has 0 spiro atoms. The molecule has 1 N–H and O–H groups in total. The van der Waals surface area contributed by atoms with Crippen LogP contribution < -0.4 is 5.32 Å². The van der Waals surface area contributed by atoms with Gasteiger partial charge in [0, 0.05) is 13.2 Å². The third kappa shape index (κ3) is 3.85. The molecule has 0 amide bonds. The molecule has 1 heterocycles. The summed E-state index contributed by atoms with van der Waals surface area (Å²) < 4.78 is 5.38. The van der Waals surface area contributed by atoms with Gasteiger partial charge in [0.2, 0.25) is 0 Å². The summed E-state index contributed by atoms with van der Waals surface area (Å²) in [6, 6.07) is 0. The van der Waals surface area contributed by atoms with E-state index in [2.05, 4.69) is 5.32 Å². The van der Waals surface area contributed by atoms with Gasteiger partial charge < -0.3 is 10.1 Å². The number of nitrogens with one attached hydrogen (secondary N) is 1. The second kappa shape index (κ2) is 5.69. The van der Waals surface area contributed by atoms with Crippen molar-refractivity contribution >= 4 is 0 Å². The molecule has 0 unspecified atom stereocenters. The van der Waals surface area contributed by atoms with Crippen molar-refractivity contribution in [2.75, 3.05) is 26.3 Å². The lowest BCUT2D eigenvalue weighted by molar-refractivity contribution is 0.124. The molecule has 0 aromatic carbocycles. The van der Waals surface area contributed by atoms with Crippen molar-refractivity contribution in [3.05, 3.63) is 0 Å². The van der Waals surface area contributed by atoms with Gasteiger partial charge in [-0.25, -0.2) is 0 Å². The van der Waals surface area contributed by atoms with E-state index in [0.29, 0.717) is 0 Å². The van der Waals surface area contributed by atoms with Crippen LogP contribution in [0.5, 0.6) is 0 Å². The van der Waals surface area contributed by atoms with Crippen LogP contribution >= 0.6 is 0 Å². The van der Waals surface area contributed by atoms with Crippen LogP contribution in [0, 0.1) is 0 Å². The summed E-state index contributed by atoms with van der Waals surface area (Å²) in [6.45, 7) is 4.26. The average molecular weight is 143 g/mol. The molecule has 1 aliphatic heterocycles. The van der Waals surface area contributed by atoms with Gasteiger partial charge in [-0.05, 0) is 38.8 Å². The Morgan fingerprint density at radius 1 is 0.800 bits per heavy atom. The number of hydrogen-bond donors (Lipinski definition) is 1. The Morgan fingerprint density at radius 3 is 2.00 bits per heavy atom. The summed E-state index contributed by atoms with van der Waals surface area (Å²) in [6.07, 6.45) is 4.96. The highest BCUT2D eigenvalue weighted by atomic mass is 16.5. The van der Waals surface area contributed by atoms with Gasteiger partial charge in [-0.1, -0.05) is 0 Å². The zero-order valence-corrected chi connectivity index (χ0v) is 6.57. The fraction of sp³-hybridized carbons (Fsp3) is 1.00. The van der Waals surface area contributed by atoms with E-state index >= 15 is 0 Å². The second-order valence-electron chi connectivity index (χ2n) is 2.78. The maximum atomic E-state index is 5.38. The van der Waals surface area contributed by atoms with E-state index in [0.717, 1.165) is 13.2 Å². The van der Waals surface area contributed by atoms with Gasteiger partial charge in [-0.3, -0.25) is 0 Å². The van der Waals surface area contributed by atoms with E-state index < -0.39 is 0 Å². The zero-order chi connectivity index (χ0) is 7.07. The van der Waals surface area contributed by atoms with Crippen molar-refractivity contribution < 1.29 is 4.74 Å². The summed E-state index contributed by atoms with van der Waals surface area (Å²) in [5.41, 5.74) is 0. The molecule has 0 atom stereocenters. The molecule has 2 nitrogen and oxygen atoms in total. The average Bonchev–Trinajstić information content (AvgIpc) is 2.01. The lowest BCUT2D eigenvalue weighted by atomic mass is 10.3. The zero-order valence-electron chi connectivity index (χ0n) is 6.57. The largest absolute Gasteiger partial charge is 0.381 e. The first kappa shape index (κ1) is 8.02. The van der Waals surface area contributed by atoms with E-state index in [9.17, 15) is 0 Å². The number of ether oxygens (including phenoxy) is 1. The van der Waals surface area contributed by atoms with Gasteiger partial charge in [-0.2, -0.15) is 0 Å². The molecule has 1 saturated heterocycles. The molecular weight excluding hydrogens is 126 g/mol. The standard InChI is InChI=1S/C8H17NO/c1-3-7-10-8-4-2-6-9-5-1/h9H,1-8H2. The van der Waals surface area contributed by atoms with Crippen LogP contribution in [-0.2, 0) is 4.74 Å². The van der Waals surface area contributed by atoms with Crippen LogP contribution in [0.4, 0.5) is 0 Å². The third-order valence-corrected chi connectivity index (χ3v) is 1.78. The molecule has 0 saturated carbocycles. The van der Waals surface area contributed by atoms with Gasteiger partial charge in [-0.15, -0.1) is 0 Å². The van der Waals surface area contributed by atoms with Gasteiger partial charge in [0.25, 0.3) is 0 Å². The van der Waals surface area contributed by atoms with Crippen molar-refractivity contribution in [1.29, 1.82) is 0 Å². The molecule has 1 fully saturated rings. The summed E-state index contributed by atoms with van der Waals surface area (Å²) in [4.78, 5) is 0. The molecule has 0 aliphatic carbocycles. The Hall–Kier alpha value is -0.0800. The Morgan fingerprint density at radius 2 is 1.40 bits per heavy atom. The van der Waals surface area contributed by atoms with E-state index in [4.69, 9.17) is 4.74 Å². The van der Waals surface area contributed by atoms with Crippen LogP contribution in [-0.4, -0.2) is 26.3 Å². The highest BCUT2D eigenvalue weighted by Gasteiger charge is 1.94. The maximum Gasteiger partial charge on any atom is 0.0466 e. The minimum absolute atomic E-state index is 0.960. The fourth-order valence-corrected chi connectivity index (χ4v) is 1.14. The molecule has 1 rings (SSSR count). The molecule has 2 heteroatoms. The van der Waals surface area contributed by atoms with E-state index in [1.165, 1.54) is 38.8 Å². The Kier molecular flexibility index (Phi) is 4.56. The molecule has 0 aromatic rings. The second-order valence-corrected chi connectivity index (χ2v) is 2.78. The molecule has 0 bridgehead atoms. The van der Waals surface area contributed by atoms with E-state index in [1.807, 2.05) is 0 Å². The summed E-state index contributed by atoms with van der Waals surface area (Å²) >= 11 is 0. The minimum atomic E-state index is 0.960. The van der Waals surface area contributed by atoms with Crippen molar-refractivity contribution in [3.63, 3.8) is 0 Å². The molecule has 60 valence electrons. The first-order valence-electron chi connectivity index (χ1n) is 4.28. The number of hydrogen-bond acceptors (Lipinski definition) is 2. The summed E-state index contributed by atoms with van der Waals surface area (Å²) in [7, 11) is 0. The quantitative estimate of drug-likeness (QED) is 0.549. The van der Waals surface area contributed by atoms with Crippen LogP contribution in [0.1, 0.15) is 25.7 Å². The fourth-order valence-electron chi connectivity index (χ4n) is 1.14. The molecule has 10 heavy (non-hydrogen) atoms. The Labute approximate surface area is 63.0 Å². The summed E-state index contributed by atoms with van der Waals surface area (Å²) in [5.74, 6) is 0. The minimum Gasteiger partial charge on any atom is -0.381 e. The molecule has 0 radical (unpaired) electrons. The van der Waals surface area contributed by atoms with Crippen LogP contribution in [0.3, 0.4) is 0 Å². The highest BCUT2D eigenvalue weighted by molar-refractivity contribution is 4.51. The first-order valence-corrected chi connectivity index (χ1v) is 4.28. The molecule has 1 aliphatic rings. The van der Waals surface area contributed by atoms with Crippen molar-refractivity contribution in [2.45, 2.75) is 25.7 Å². The van der Waals surface area contributed by atoms with Crippen LogP contribution in [0.15, 0.2) is 0 Å². The number of rotatable bonds is 0. The van der Waals surface area contributed by atoms with Crippen molar-refractivity contribution in [1.82, 2.24) is 5.32 Å². The van der Waals surface area contributed by atoms with Gasteiger partial charge in [0.05, 0.1) is 0 Å². The monoisotopic (exact) mass is 143 g/mol. The molecule has 0 aromatic heterocycles. The Balaban J connectivity index is 2.00. The SMILES string of the molecule is C1CCOCCCCNC1. The normalized spacial score (nSPS) is 24.0. The van der Waals surface area contributed by atoms with Gasteiger partial charge >= 0.3 is 0 Å². The molecular formula is C8H17NO. The predicted molar refractivity (Wildman–Crippen MR) is 42.2 cm³/mol. The summed E-state index contributed by atoms with van der Waals surface area (Å²) in [5, 5.41) is 3.40. The van der Waals surface area contributed by atoms with Gasteiger partial charge in [0.15, 0.2) is 0 Å². The Bertz CT molecular complexity index is 42.4.